The molecule has 6 nitrogen and oxygen atoms in total. The second kappa shape index (κ2) is 6.25. The maximum absolute atomic E-state index is 11.5. The van der Waals surface area contributed by atoms with Gasteiger partial charge in [-0.3, -0.25) is 19.4 Å². The largest absolute Gasteiger partial charge is 0.343 e. The van der Waals surface area contributed by atoms with Crippen LogP contribution in [0.15, 0.2) is 24.7 Å². The van der Waals surface area contributed by atoms with Gasteiger partial charge in [-0.15, -0.1) is 0 Å². The number of rotatable bonds is 4. The molecule has 0 N–H and O–H groups in total. The molecular formula is C16H21N5O. The molecule has 1 aliphatic heterocycles. The molecule has 0 bridgehead atoms. The van der Waals surface area contributed by atoms with Crippen molar-refractivity contribution in [3.63, 3.8) is 0 Å². The zero-order chi connectivity index (χ0) is 15.5. The highest BCUT2D eigenvalue weighted by atomic mass is 16.2. The van der Waals surface area contributed by atoms with Crippen molar-refractivity contribution < 1.29 is 4.79 Å². The molecule has 1 fully saturated rings. The standard InChI is InChI=1S/C16H21N5O/c1-3-21-15(4-6-19-21)16-14(17-7-8-18-16)10-13-5-9-20(11-13)12(2)22/h4,6-8,13H,3,5,9-11H2,1-2H3/t13-/m1/s1. The van der Waals surface area contributed by atoms with Gasteiger partial charge in [-0.05, 0) is 31.7 Å². The second-order valence-corrected chi connectivity index (χ2v) is 5.71. The summed E-state index contributed by atoms with van der Waals surface area (Å²) >= 11 is 0. The number of carbonyl (C=O) groups is 1. The minimum atomic E-state index is 0.158. The van der Waals surface area contributed by atoms with E-state index in [1.165, 1.54) is 0 Å². The Hall–Kier alpha value is -2.24. The first-order valence-corrected chi connectivity index (χ1v) is 7.76. The average molecular weight is 299 g/mol. The fraction of sp³-hybridized carbons (Fsp3) is 0.500. The molecule has 116 valence electrons. The summed E-state index contributed by atoms with van der Waals surface area (Å²) in [6, 6.07) is 1.98. The number of aromatic nitrogens is 4. The Labute approximate surface area is 130 Å². The fourth-order valence-corrected chi connectivity index (χ4v) is 3.07. The van der Waals surface area contributed by atoms with Gasteiger partial charge in [0.2, 0.25) is 5.91 Å². The zero-order valence-electron chi connectivity index (χ0n) is 13.1. The third-order valence-electron chi connectivity index (χ3n) is 4.25. The summed E-state index contributed by atoms with van der Waals surface area (Å²) in [5, 5.41) is 4.32. The van der Waals surface area contributed by atoms with Crippen LogP contribution in [0.3, 0.4) is 0 Å². The normalized spacial score (nSPS) is 17.9. The van der Waals surface area contributed by atoms with Gasteiger partial charge in [0, 0.05) is 45.1 Å². The number of hydrogen-bond acceptors (Lipinski definition) is 4. The van der Waals surface area contributed by atoms with Gasteiger partial charge in [0.15, 0.2) is 0 Å². The maximum Gasteiger partial charge on any atom is 0.219 e. The lowest BCUT2D eigenvalue weighted by Gasteiger charge is -2.15. The molecule has 0 saturated carbocycles. The van der Waals surface area contributed by atoms with Crippen molar-refractivity contribution in [3.8, 4) is 11.4 Å². The summed E-state index contributed by atoms with van der Waals surface area (Å²) in [5.74, 6) is 0.614. The molecule has 0 unspecified atom stereocenters. The first-order valence-electron chi connectivity index (χ1n) is 7.76. The zero-order valence-corrected chi connectivity index (χ0v) is 13.1. The molecule has 6 heteroatoms. The second-order valence-electron chi connectivity index (χ2n) is 5.71. The lowest BCUT2D eigenvalue weighted by atomic mass is 10.0. The van der Waals surface area contributed by atoms with Crippen molar-refractivity contribution in [1.29, 1.82) is 0 Å². The predicted molar refractivity (Wildman–Crippen MR) is 83.0 cm³/mol. The van der Waals surface area contributed by atoms with E-state index < -0.39 is 0 Å². The quantitative estimate of drug-likeness (QED) is 0.863. The molecule has 0 radical (unpaired) electrons. The van der Waals surface area contributed by atoms with E-state index in [4.69, 9.17) is 0 Å². The van der Waals surface area contributed by atoms with Gasteiger partial charge < -0.3 is 4.90 Å². The van der Waals surface area contributed by atoms with Gasteiger partial charge in [0.05, 0.1) is 11.4 Å². The van der Waals surface area contributed by atoms with Crippen molar-refractivity contribution >= 4 is 5.91 Å². The Kier molecular flexibility index (Phi) is 4.18. The van der Waals surface area contributed by atoms with Crippen LogP contribution in [0.1, 0.15) is 26.0 Å². The first kappa shape index (κ1) is 14.7. The molecule has 0 aromatic carbocycles. The highest BCUT2D eigenvalue weighted by Crippen LogP contribution is 2.25. The Morgan fingerprint density at radius 1 is 1.32 bits per heavy atom. The van der Waals surface area contributed by atoms with Gasteiger partial charge in [0.1, 0.15) is 5.69 Å². The van der Waals surface area contributed by atoms with Gasteiger partial charge in [0.25, 0.3) is 0 Å². The minimum absolute atomic E-state index is 0.158. The van der Waals surface area contributed by atoms with Crippen LogP contribution in [0.25, 0.3) is 11.4 Å². The molecule has 1 amide bonds. The van der Waals surface area contributed by atoms with Gasteiger partial charge in [-0.25, -0.2) is 0 Å². The van der Waals surface area contributed by atoms with E-state index in [9.17, 15) is 4.79 Å². The SMILES string of the molecule is CCn1nccc1-c1nccnc1C[C@H]1CCN(C(C)=O)C1. The summed E-state index contributed by atoms with van der Waals surface area (Å²) in [5.41, 5.74) is 2.91. The molecule has 3 rings (SSSR count). The van der Waals surface area contributed by atoms with E-state index in [1.807, 2.05) is 15.6 Å². The maximum atomic E-state index is 11.5. The summed E-state index contributed by atoms with van der Waals surface area (Å²) in [4.78, 5) is 22.4. The highest BCUT2D eigenvalue weighted by Gasteiger charge is 2.26. The molecule has 0 spiro atoms. The van der Waals surface area contributed by atoms with Crippen LogP contribution >= 0.6 is 0 Å². The smallest absolute Gasteiger partial charge is 0.219 e. The number of likely N-dealkylation sites (tertiary alicyclic amines) is 1. The molecule has 0 aliphatic carbocycles. The first-order chi connectivity index (χ1) is 10.7. The Balaban J connectivity index is 1.82. The van der Waals surface area contributed by atoms with Crippen LogP contribution in [0.4, 0.5) is 0 Å². The Morgan fingerprint density at radius 3 is 2.86 bits per heavy atom. The van der Waals surface area contributed by atoms with Crippen molar-refractivity contribution in [2.75, 3.05) is 13.1 Å². The summed E-state index contributed by atoms with van der Waals surface area (Å²) in [7, 11) is 0. The van der Waals surface area contributed by atoms with Gasteiger partial charge in [-0.2, -0.15) is 5.10 Å². The number of carbonyl (C=O) groups excluding carboxylic acids is 1. The monoisotopic (exact) mass is 299 g/mol. The van der Waals surface area contributed by atoms with Crippen LogP contribution < -0.4 is 0 Å². The van der Waals surface area contributed by atoms with E-state index >= 15 is 0 Å². The van der Waals surface area contributed by atoms with Crippen molar-refractivity contribution in [3.05, 3.63) is 30.4 Å². The molecule has 1 atom stereocenters. The van der Waals surface area contributed by atoms with Crippen molar-refractivity contribution in [2.45, 2.75) is 33.2 Å². The molecule has 1 aliphatic rings. The molecular weight excluding hydrogens is 278 g/mol. The number of nitrogens with zero attached hydrogens (tertiary/aromatic N) is 5. The Bertz CT molecular complexity index is 666. The number of hydrogen-bond donors (Lipinski definition) is 0. The van der Waals surface area contributed by atoms with Crippen molar-refractivity contribution in [1.82, 2.24) is 24.6 Å². The van der Waals surface area contributed by atoms with E-state index in [2.05, 4.69) is 22.0 Å². The van der Waals surface area contributed by atoms with E-state index in [0.29, 0.717) is 5.92 Å². The van der Waals surface area contributed by atoms with Crippen LogP contribution in [0.5, 0.6) is 0 Å². The fourth-order valence-electron chi connectivity index (χ4n) is 3.07. The third-order valence-corrected chi connectivity index (χ3v) is 4.25. The summed E-state index contributed by atoms with van der Waals surface area (Å²) in [6.45, 7) is 6.17. The van der Waals surface area contributed by atoms with Crippen LogP contribution in [-0.4, -0.2) is 43.6 Å². The molecule has 2 aromatic rings. The summed E-state index contributed by atoms with van der Waals surface area (Å²) < 4.78 is 1.93. The van der Waals surface area contributed by atoms with E-state index in [0.717, 1.165) is 49.6 Å². The van der Waals surface area contributed by atoms with Crippen LogP contribution in [-0.2, 0) is 17.8 Å². The van der Waals surface area contributed by atoms with E-state index in [1.54, 1.807) is 25.5 Å². The summed E-state index contributed by atoms with van der Waals surface area (Å²) in [6.07, 6.45) is 7.14. The molecule has 22 heavy (non-hydrogen) atoms. The molecule has 2 aromatic heterocycles. The molecule has 3 heterocycles. The van der Waals surface area contributed by atoms with E-state index in [-0.39, 0.29) is 5.91 Å². The predicted octanol–water partition coefficient (Wildman–Crippen LogP) is 1.77. The number of amides is 1. The highest BCUT2D eigenvalue weighted by molar-refractivity contribution is 5.73. The van der Waals surface area contributed by atoms with Crippen LogP contribution in [0, 0.1) is 5.92 Å². The van der Waals surface area contributed by atoms with Gasteiger partial charge >= 0.3 is 0 Å². The Morgan fingerprint density at radius 2 is 2.14 bits per heavy atom. The van der Waals surface area contributed by atoms with Gasteiger partial charge in [-0.1, -0.05) is 0 Å². The average Bonchev–Trinajstić information content (AvgIpc) is 3.16. The lowest BCUT2D eigenvalue weighted by Crippen LogP contribution is -2.26. The third kappa shape index (κ3) is 2.86. The number of aryl methyl sites for hydroxylation is 1. The van der Waals surface area contributed by atoms with Crippen molar-refractivity contribution in [2.24, 2.45) is 5.92 Å². The topological polar surface area (TPSA) is 63.9 Å². The van der Waals surface area contributed by atoms with Crippen LogP contribution in [0.2, 0.25) is 0 Å². The minimum Gasteiger partial charge on any atom is -0.343 e. The lowest BCUT2D eigenvalue weighted by molar-refractivity contribution is -0.127. The molecule has 1 saturated heterocycles.